The van der Waals surface area contributed by atoms with Gasteiger partial charge in [-0.2, -0.15) is 0 Å². The molecule has 0 aliphatic carbocycles. The second-order valence-corrected chi connectivity index (χ2v) is 3.11. The van der Waals surface area contributed by atoms with Crippen LogP contribution in [0.15, 0.2) is 29.3 Å². The predicted octanol–water partition coefficient (Wildman–Crippen LogP) is 1.12. The van der Waals surface area contributed by atoms with Crippen LogP contribution >= 0.6 is 0 Å². The number of nitrogens with one attached hydrogen (secondary N) is 2. The van der Waals surface area contributed by atoms with Crippen LogP contribution in [0, 0.1) is 18.2 Å². The minimum atomic E-state index is -0.237. The Labute approximate surface area is 94.8 Å². The molecule has 0 fully saturated rings. The molecule has 0 unspecified atom stereocenters. The molecule has 0 aliphatic rings. The van der Waals surface area contributed by atoms with Crippen molar-refractivity contribution < 1.29 is 4.39 Å². The molecule has 1 rings (SSSR count). The molecule has 0 spiro atoms. The molecule has 16 heavy (non-hydrogen) atoms. The lowest BCUT2D eigenvalue weighted by Gasteiger charge is -2.09. The molecule has 0 aromatic heterocycles. The number of halogens is 1. The molecule has 0 aliphatic heterocycles. The fourth-order valence-electron chi connectivity index (χ4n) is 1.14. The summed E-state index contributed by atoms with van der Waals surface area (Å²) >= 11 is 0. The lowest BCUT2D eigenvalue weighted by molar-refractivity contribution is 0.626. The van der Waals surface area contributed by atoms with Gasteiger partial charge in [0.25, 0.3) is 0 Å². The molecule has 0 amide bonds. The molecule has 0 heterocycles. The summed E-state index contributed by atoms with van der Waals surface area (Å²) in [5.41, 5.74) is 0.977. The minimum absolute atomic E-state index is 0.237. The van der Waals surface area contributed by atoms with Crippen LogP contribution in [-0.2, 0) is 6.54 Å². The minimum Gasteiger partial charge on any atom is -0.352 e. The van der Waals surface area contributed by atoms with Crippen LogP contribution in [0.1, 0.15) is 5.56 Å². The van der Waals surface area contributed by atoms with E-state index in [4.69, 9.17) is 6.42 Å². The molecule has 1 aromatic rings. The molecule has 0 bridgehead atoms. The van der Waals surface area contributed by atoms with Crippen molar-refractivity contribution in [2.45, 2.75) is 6.54 Å². The summed E-state index contributed by atoms with van der Waals surface area (Å²) < 4.78 is 12.6. The van der Waals surface area contributed by atoms with E-state index in [-0.39, 0.29) is 5.82 Å². The normalized spacial score (nSPS) is 10.7. The van der Waals surface area contributed by atoms with Crippen LogP contribution < -0.4 is 10.6 Å². The van der Waals surface area contributed by atoms with Crippen molar-refractivity contribution in [2.24, 2.45) is 4.99 Å². The topological polar surface area (TPSA) is 36.4 Å². The number of guanidine groups is 1. The number of hydrogen-bond acceptors (Lipinski definition) is 1. The van der Waals surface area contributed by atoms with Gasteiger partial charge in [0.05, 0.1) is 6.54 Å². The third kappa shape index (κ3) is 4.01. The van der Waals surface area contributed by atoms with Crippen molar-refractivity contribution in [3.8, 4) is 12.3 Å². The SMILES string of the molecule is C#CCNC(=NC)NCc1ccc(F)cc1. The summed E-state index contributed by atoms with van der Waals surface area (Å²) in [4.78, 5) is 3.98. The van der Waals surface area contributed by atoms with E-state index in [1.165, 1.54) is 12.1 Å². The van der Waals surface area contributed by atoms with E-state index < -0.39 is 0 Å². The van der Waals surface area contributed by atoms with Crippen LogP contribution in [0.4, 0.5) is 4.39 Å². The van der Waals surface area contributed by atoms with Gasteiger partial charge in [0.1, 0.15) is 5.82 Å². The number of terminal acetylenes is 1. The van der Waals surface area contributed by atoms with E-state index in [1.54, 1.807) is 19.2 Å². The van der Waals surface area contributed by atoms with E-state index in [2.05, 4.69) is 21.5 Å². The Balaban J connectivity index is 2.44. The van der Waals surface area contributed by atoms with Gasteiger partial charge in [-0.1, -0.05) is 18.1 Å². The smallest absolute Gasteiger partial charge is 0.192 e. The number of nitrogens with zero attached hydrogens (tertiary/aromatic N) is 1. The first-order chi connectivity index (χ1) is 7.76. The van der Waals surface area contributed by atoms with Gasteiger partial charge in [0.2, 0.25) is 0 Å². The molecule has 1 aromatic carbocycles. The van der Waals surface area contributed by atoms with E-state index in [0.29, 0.717) is 19.0 Å². The number of rotatable bonds is 3. The standard InChI is InChI=1S/C12H14FN3/c1-3-8-15-12(14-2)16-9-10-4-6-11(13)7-5-10/h1,4-7H,8-9H2,2H3,(H2,14,15,16). The highest BCUT2D eigenvalue weighted by molar-refractivity contribution is 5.79. The highest BCUT2D eigenvalue weighted by atomic mass is 19.1. The molecule has 0 radical (unpaired) electrons. The van der Waals surface area contributed by atoms with Gasteiger partial charge in [-0.15, -0.1) is 6.42 Å². The Kier molecular flexibility index (Phi) is 4.87. The number of aliphatic imine (C=N–C) groups is 1. The third-order valence-corrected chi connectivity index (χ3v) is 1.95. The van der Waals surface area contributed by atoms with E-state index >= 15 is 0 Å². The first-order valence-corrected chi connectivity index (χ1v) is 4.88. The van der Waals surface area contributed by atoms with Crippen molar-refractivity contribution in [1.82, 2.24) is 10.6 Å². The summed E-state index contributed by atoms with van der Waals surface area (Å²) in [5.74, 6) is 2.85. The second-order valence-electron chi connectivity index (χ2n) is 3.11. The Bertz CT molecular complexity index is 390. The Hall–Kier alpha value is -2.02. The van der Waals surface area contributed by atoms with Crippen molar-refractivity contribution in [3.63, 3.8) is 0 Å². The molecule has 0 saturated carbocycles. The van der Waals surface area contributed by atoms with Crippen molar-refractivity contribution in [2.75, 3.05) is 13.6 Å². The van der Waals surface area contributed by atoms with Gasteiger partial charge in [-0.05, 0) is 17.7 Å². The Morgan fingerprint density at radius 3 is 2.62 bits per heavy atom. The van der Waals surface area contributed by atoms with E-state index in [0.717, 1.165) is 5.56 Å². The van der Waals surface area contributed by atoms with Crippen molar-refractivity contribution >= 4 is 5.96 Å². The maximum Gasteiger partial charge on any atom is 0.192 e. The third-order valence-electron chi connectivity index (χ3n) is 1.95. The van der Waals surface area contributed by atoms with Crippen molar-refractivity contribution in [3.05, 3.63) is 35.6 Å². The van der Waals surface area contributed by atoms with Gasteiger partial charge in [-0.25, -0.2) is 4.39 Å². The highest BCUT2D eigenvalue weighted by Gasteiger charge is 1.97. The highest BCUT2D eigenvalue weighted by Crippen LogP contribution is 2.01. The lowest BCUT2D eigenvalue weighted by atomic mass is 10.2. The van der Waals surface area contributed by atoms with Crippen LogP contribution in [0.2, 0.25) is 0 Å². The second kappa shape index (κ2) is 6.46. The maximum absolute atomic E-state index is 12.6. The lowest BCUT2D eigenvalue weighted by Crippen LogP contribution is -2.36. The van der Waals surface area contributed by atoms with Crippen LogP contribution in [-0.4, -0.2) is 19.6 Å². The molecule has 2 N–H and O–H groups in total. The molecule has 4 heteroatoms. The van der Waals surface area contributed by atoms with Gasteiger partial charge in [-0.3, -0.25) is 4.99 Å². The van der Waals surface area contributed by atoms with Gasteiger partial charge < -0.3 is 10.6 Å². The predicted molar refractivity (Wildman–Crippen MR) is 63.4 cm³/mol. The zero-order valence-electron chi connectivity index (χ0n) is 9.13. The molecule has 0 saturated heterocycles. The molecular formula is C12H14FN3. The zero-order chi connectivity index (χ0) is 11.8. The monoisotopic (exact) mass is 219 g/mol. The van der Waals surface area contributed by atoms with Crippen LogP contribution in [0.3, 0.4) is 0 Å². The Morgan fingerprint density at radius 1 is 1.38 bits per heavy atom. The van der Waals surface area contributed by atoms with E-state index in [1.807, 2.05) is 0 Å². The first-order valence-electron chi connectivity index (χ1n) is 4.88. The van der Waals surface area contributed by atoms with Gasteiger partial charge >= 0.3 is 0 Å². The van der Waals surface area contributed by atoms with Gasteiger partial charge in [0, 0.05) is 13.6 Å². The van der Waals surface area contributed by atoms with Crippen LogP contribution in [0.25, 0.3) is 0 Å². The van der Waals surface area contributed by atoms with Gasteiger partial charge in [0.15, 0.2) is 5.96 Å². The quantitative estimate of drug-likeness (QED) is 0.454. The fourth-order valence-corrected chi connectivity index (χ4v) is 1.14. The molecule has 0 atom stereocenters. The number of hydrogen-bond donors (Lipinski definition) is 2. The summed E-state index contributed by atoms with van der Waals surface area (Å²) in [6.07, 6.45) is 5.12. The Morgan fingerprint density at radius 2 is 2.06 bits per heavy atom. The first kappa shape index (κ1) is 12.1. The van der Waals surface area contributed by atoms with E-state index in [9.17, 15) is 4.39 Å². The molecule has 3 nitrogen and oxygen atoms in total. The maximum atomic E-state index is 12.6. The summed E-state index contributed by atoms with van der Waals surface area (Å²) in [6.45, 7) is 0.994. The molecular weight excluding hydrogens is 205 g/mol. The zero-order valence-corrected chi connectivity index (χ0v) is 9.13. The average molecular weight is 219 g/mol. The average Bonchev–Trinajstić information content (AvgIpc) is 2.32. The summed E-state index contributed by atoms with van der Waals surface area (Å²) in [5, 5.41) is 5.99. The summed E-state index contributed by atoms with van der Waals surface area (Å²) in [6, 6.07) is 6.29. The summed E-state index contributed by atoms with van der Waals surface area (Å²) in [7, 11) is 1.66. The largest absolute Gasteiger partial charge is 0.352 e. The number of benzene rings is 1. The molecule has 84 valence electrons. The van der Waals surface area contributed by atoms with Crippen LogP contribution in [0.5, 0.6) is 0 Å². The van der Waals surface area contributed by atoms with Crippen molar-refractivity contribution in [1.29, 1.82) is 0 Å². The fraction of sp³-hybridized carbons (Fsp3) is 0.250.